The van der Waals surface area contributed by atoms with E-state index in [9.17, 15) is 19.8 Å². The van der Waals surface area contributed by atoms with Crippen LogP contribution in [-0.4, -0.2) is 22.2 Å². The highest BCUT2D eigenvalue weighted by atomic mass is 16.4. The van der Waals surface area contributed by atoms with Crippen molar-refractivity contribution in [2.75, 3.05) is 0 Å². The highest BCUT2D eigenvalue weighted by molar-refractivity contribution is 6.05. The summed E-state index contributed by atoms with van der Waals surface area (Å²) in [5.41, 5.74) is 0.815. The number of carbonyl (C=O) groups is 2. The fourth-order valence-corrected chi connectivity index (χ4v) is 2.03. The minimum Gasteiger partial charge on any atom is -0.478 e. The topological polar surface area (TPSA) is 74.6 Å². The molecule has 0 aliphatic carbocycles. The first kappa shape index (κ1) is 13.4. The summed E-state index contributed by atoms with van der Waals surface area (Å²) in [5, 5.41) is 18.5. The molecule has 2 rings (SSSR count). The smallest absolute Gasteiger partial charge is 0.336 e. The van der Waals surface area contributed by atoms with E-state index in [4.69, 9.17) is 6.42 Å². The van der Waals surface area contributed by atoms with Crippen molar-refractivity contribution in [1.82, 2.24) is 0 Å². The summed E-state index contributed by atoms with van der Waals surface area (Å²) in [6.07, 6.45) is 5.40. The largest absolute Gasteiger partial charge is 0.478 e. The Kier molecular flexibility index (Phi) is 3.54. The Balaban J connectivity index is 2.88. The number of aromatic carboxylic acids is 2. The Labute approximate surface area is 115 Å². The van der Waals surface area contributed by atoms with Gasteiger partial charge < -0.3 is 10.2 Å². The van der Waals surface area contributed by atoms with Gasteiger partial charge >= 0.3 is 11.9 Å². The van der Waals surface area contributed by atoms with Gasteiger partial charge in [-0.15, -0.1) is 6.42 Å². The Hall–Kier alpha value is -3.06. The van der Waals surface area contributed by atoms with E-state index >= 15 is 0 Å². The molecule has 0 amide bonds. The van der Waals surface area contributed by atoms with Crippen molar-refractivity contribution < 1.29 is 19.8 Å². The van der Waals surface area contributed by atoms with Gasteiger partial charge in [0, 0.05) is 11.1 Å². The third-order valence-corrected chi connectivity index (χ3v) is 2.88. The summed E-state index contributed by atoms with van der Waals surface area (Å²) in [5.74, 6) is 0.0422. The number of terminal acetylenes is 1. The average molecular weight is 266 g/mol. The second-order valence-corrected chi connectivity index (χ2v) is 4.03. The van der Waals surface area contributed by atoms with Crippen LogP contribution in [0, 0.1) is 12.3 Å². The predicted octanol–water partition coefficient (Wildman–Crippen LogP) is 2.73. The molecule has 20 heavy (non-hydrogen) atoms. The molecule has 0 bridgehead atoms. The number of hydrogen-bond acceptors (Lipinski definition) is 2. The van der Waals surface area contributed by atoms with Crippen LogP contribution in [0.25, 0.3) is 11.1 Å². The van der Waals surface area contributed by atoms with Crippen LogP contribution < -0.4 is 0 Å². The van der Waals surface area contributed by atoms with E-state index in [1.165, 1.54) is 18.2 Å². The van der Waals surface area contributed by atoms with Crippen molar-refractivity contribution in [2.24, 2.45) is 0 Å². The van der Waals surface area contributed by atoms with Crippen molar-refractivity contribution in [3.05, 3.63) is 59.2 Å². The number of rotatable bonds is 3. The number of carboxylic acid groups (broad SMARTS) is 2. The second-order valence-electron chi connectivity index (χ2n) is 4.03. The number of benzene rings is 2. The molecule has 0 heterocycles. The van der Waals surface area contributed by atoms with Crippen molar-refractivity contribution in [2.45, 2.75) is 0 Å². The predicted molar refractivity (Wildman–Crippen MR) is 73.7 cm³/mol. The maximum absolute atomic E-state index is 11.3. The molecule has 0 unspecified atom stereocenters. The minimum atomic E-state index is -1.20. The average Bonchev–Trinajstić information content (AvgIpc) is 2.46. The highest BCUT2D eigenvalue weighted by Crippen LogP contribution is 2.30. The summed E-state index contributed by atoms with van der Waals surface area (Å²) >= 11 is 0. The molecule has 0 aliphatic heterocycles. The van der Waals surface area contributed by atoms with Crippen LogP contribution in [0.5, 0.6) is 0 Å². The lowest BCUT2D eigenvalue weighted by Crippen LogP contribution is -2.07. The van der Waals surface area contributed by atoms with Gasteiger partial charge in [0.25, 0.3) is 0 Å². The van der Waals surface area contributed by atoms with Crippen LogP contribution in [0.3, 0.4) is 0 Å². The summed E-state index contributed by atoms with van der Waals surface area (Å²) < 4.78 is 0. The first-order valence-corrected chi connectivity index (χ1v) is 5.72. The third-order valence-electron chi connectivity index (χ3n) is 2.88. The van der Waals surface area contributed by atoms with Crippen LogP contribution in [0.1, 0.15) is 26.3 Å². The molecule has 0 radical (unpaired) electrons. The Morgan fingerprint density at radius 3 is 1.95 bits per heavy atom. The standard InChI is InChI=1S/C16H10O4/c1-2-10-6-3-4-7-11(10)14-12(15(17)18)8-5-9-13(14)16(19)20/h1,3-9H,(H,17,18)(H,19,20). The summed E-state index contributed by atoms with van der Waals surface area (Å²) in [7, 11) is 0. The first-order valence-electron chi connectivity index (χ1n) is 5.72. The van der Waals surface area contributed by atoms with Gasteiger partial charge in [-0.3, -0.25) is 0 Å². The van der Waals surface area contributed by atoms with E-state index in [0.29, 0.717) is 11.1 Å². The Morgan fingerprint density at radius 1 is 0.900 bits per heavy atom. The van der Waals surface area contributed by atoms with Crippen molar-refractivity contribution in [3.63, 3.8) is 0 Å². The minimum absolute atomic E-state index is 0.0902. The van der Waals surface area contributed by atoms with Gasteiger partial charge in [-0.05, 0) is 23.8 Å². The maximum atomic E-state index is 11.3. The fraction of sp³-hybridized carbons (Fsp3) is 0. The fourth-order valence-electron chi connectivity index (χ4n) is 2.03. The SMILES string of the molecule is C#Cc1ccccc1-c1c(C(=O)O)cccc1C(=O)O. The van der Waals surface area contributed by atoms with Gasteiger partial charge in [-0.1, -0.05) is 30.2 Å². The second kappa shape index (κ2) is 5.29. The van der Waals surface area contributed by atoms with Crippen molar-refractivity contribution in [1.29, 1.82) is 0 Å². The molecule has 0 aliphatic rings. The van der Waals surface area contributed by atoms with Crippen LogP contribution >= 0.6 is 0 Å². The third kappa shape index (κ3) is 2.25. The summed E-state index contributed by atoms with van der Waals surface area (Å²) in [6.45, 7) is 0. The Morgan fingerprint density at radius 2 is 1.45 bits per heavy atom. The van der Waals surface area contributed by atoms with Crippen LogP contribution in [0.15, 0.2) is 42.5 Å². The van der Waals surface area contributed by atoms with Gasteiger partial charge in [0.05, 0.1) is 11.1 Å². The molecule has 0 spiro atoms. The maximum Gasteiger partial charge on any atom is 0.336 e. The zero-order valence-electron chi connectivity index (χ0n) is 10.3. The highest BCUT2D eigenvalue weighted by Gasteiger charge is 2.20. The number of hydrogen-bond donors (Lipinski definition) is 2. The molecule has 4 nitrogen and oxygen atoms in total. The zero-order valence-corrected chi connectivity index (χ0v) is 10.3. The van der Waals surface area contributed by atoms with Gasteiger partial charge in [0.2, 0.25) is 0 Å². The van der Waals surface area contributed by atoms with Crippen LogP contribution in [0.4, 0.5) is 0 Å². The van der Waals surface area contributed by atoms with Gasteiger partial charge in [0.1, 0.15) is 0 Å². The van der Waals surface area contributed by atoms with E-state index < -0.39 is 11.9 Å². The zero-order chi connectivity index (χ0) is 14.7. The molecule has 2 aromatic carbocycles. The monoisotopic (exact) mass is 266 g/mol. The molecule has 0 atom stereocenters. The van der Waals surface area contributed by atoms with Crippen molar-refractivity contribution >= 4 is 11.9 Å². The molecule has 2 N–H and O–H groups in total. The lowest BCUT2D eigenvalue weighted by atomic mass is 9.91. The van der Waals surface area contributed by atoms with E-state index in [-0.39, 0.29) is 16.7 Å². The number of carboxylic acids is 2. The molecule has 4 heteroatoms. The molecule has 2 aromatic rings. The molecular weight excluding hydrogens is 256 g/mol. The molecule has 0 saturated carbocycles. The normalized spacial score (nSPS) is 9.75. The van der Waals surface area contributed by atoms with E-state index in [2.05, 4.69) is 5.92 Å². The quantitative estimate of drug-likeness (QED) is 0.838. The first-order chi connectivity index (χ1) is 9.56. The lowest BCUT2D eigenvalue weighted by molar-refractivity contribution is 0.0696. The molecule has 0 aromatic heterocycles. The molecule has 0 saturated heterocycles. The summed E-state index contributed by atoms with van der Waals surface area (Å²) in [6, 6.07) is 10.8. The van der Waals surface area contributed by atoms with E-state index in [1.54, 1.807) is 24.3 Å². The Bertz CT molecular complexity index is 706. The van der Waals surface area contributed by atoms with Gasteiger partial charge in [-0.25, -0.2) is 9.59 Å². The summed E-state index contributed by atoms with van der Waals surface area (Å²) in [4.78, 5) is 22.6. The molecule has 0 fully saturated rings. The van der Waals surface area contributed by atoms with Crippen LogP contribution in [-0.2, 0) is 0 Å². The van der Waals surface area contributed by atoms with Gasteiger partial charge in [-0.2, -0.15) is 0 Å². The van der Waals surface area contributed by atoms with Crippen molar-refractivity contribution in [3.8, 4) is 23.5 Å². The molecule has 98 valence electrons. The van der Waals surface area contributed by atoms with E-state index in [1.807, 2.05) is 0 Å². The van der Waals surface area contributed by atoms with E-state index in [0.717, 1.165) is 0 Å². The van der Waals surface area contributed by atoms with Gasteiger partial charge in [0.15, 0.2) is 0 Å². The molecular formula is C16H10O4. The lowest BCUT2D eigenvalue weighted by Gasteiger charge is -2.12. The van der Waals surface area contributed by atoms with Crippen LogP contribution in [0.2, 0.25) is 0 Å².